The van der Waals surface area contributed by atoms with Gasteiger partial charge in [0.15, 0.2) is 9.84 Å². The number of hydrogen-bond acceptors (Lipinski definition) is 13. The van der Waals surface area contributed by atoms with Crippen LogP contribution in [-0.2, 0) is 44.2 Å². The van der Waals surface area contributed by atoms with E-state index in [9.17, 15) is 13.2 Å². The lowest BCUT2D eigenvalue weighted by Gasteiger charge is -2.35. The first-order valence-corrected chi connectivity index (χ1v) is 27.5. The third-order valence-electron chi connectivity index (χ3n) is 11.1. The average Bonchev–Trinajstić information content (AvgIpc) is 3.73. The van der Waals surface area contributed by atoms with E-state index >= 15 is 8.42 Å². The van der Waals surface area contributed by atoms with E-state index in [1.807, 2.05) is 29.2 Å². The number of sulfonamides is 1. The van der Waals surface area contributed by atoms with Gasteiger partial charge in [-0.2, -0.15) is 9.10 Å². The minimum absolute atomic E-state index is 0.0369. The van der Waals surface area contributed by atoms with E-state index in [0.29, 0.717) is 72.5 Å². The summed E-state index contributed by atoms with van der Waals surface area (Å²) in [6.45, 7) is 7.41. The summed E-state index contributed by atoms with van der Waals surface area (Å²) in [4.78, 5) is 13.9. The minimum Gasteiger partial charge on any atom is -0.497 e. The molecule has 0 aliphatic carbocycles. The molecule has 1 aliphatic heterocycles. The van der Waals surface area contributed by atoms with E-state index in [2.05, 4.69) is 30.0 Å². The number of anilines is 1. The van der Waals surface area contributed by atoms with Crippen molar-refractivity contribution in [3.8, 4) is 28.6 Å². The second-order valence-corrected chi connectivity index (χ2v) is 26.3. The highest BCUT2D eigenvalue weighted by atomic mass is 32.2. The summed E-state index contributed by atoms with van der Waals surface area (Å²) in [5, 5.41) is 13.6. The lowest BCUT2D eigenvalue weighted by Crippen LogP contribution is -2.36. The molecule has 2 heterocycles. The standard InChI is InChI=1S/C44H57N7O9S2Si/c1-57-36-13-7-33(8-14-36)29-50(30-34-9-15-37(58-2)16-10-34)62(55,56)42-40(61(53,54)27-28-63(4,5)6)20-19-39(49-24-21-32(22-25-49)23-26-60-44(45)52)41(42)43-46-48-51(47-43)31-35-11-17-38(59-3)18-12-35/h7-20,32H,21-31H2,1-6H3,(H2,45,52). The summed E-state index contributed by atoms with van der Waals surface area (Å²) >= 11 is 0. The maximum atomic E-state index is 15.9. The predicted octanol–water partition coefficient (Wildman–Crippen LogP) is 6.62. The van der Waals surface area contributed by atoms with Crippen molar-refractivity contribution in [3.05, 3.63) is 102 Å². The van der Waals surface area contributed by atoms with Gasteiger partial charge in [-0.1, -0.05) is 56.0 Å². The SMILES string of the molecule is COc1ccc(CN(Cc2ccc(OC)cc2)S(=O)(=O)c2c(S(=O)(=O)CC[Si](C)(C)C)ccc(N3CCC(CCOC(N)=O)CC3)c2-c2nnn(Cc3ccc(OC)cc3)n2)cc1. The number of piperidine rings is 1. The molecular formula is C44H57N7O9S2Si. The number of ether oxygens (including phenoxy) is 4. The third-order valence-corrected chi connectivity index (χ3v) is 16.9. The van der Waals surface area contributed by atoms with Crippen LogP contribution in [0.2, 0.25) is 25.7 Å². The van der Waals surface area contributed by atoms with Gasteiger partial charge in [0, 0.05) is 39.9 Å². The van der Waals surface area contributed by atoms with Crippen LogP contribution in [0.25, 0.3) is 11.4 Å². The molecule has 1 saturated heterocycles. The van der Waals surface area contributed by atoms with Crippen LogP contribution in [0.4, 0.5) is 10.5 Å². The van der Waals surface area contributed by atoms with Crippen molar-refractivity contribution in [2.24, 2.45) is 11.7 Å². The van der Waals surface area contributed by atoms with Gasteiger partial charge in [-0.3, -0.25) is 0 Å². The van der Waals surface area contributed by atoms with Gasteiger partial charge < -0.3 is 29.6 Å². The van der Waals surface area contributed by atoms with Crippen LogP contribution in [0.1, 0.15) is 36.0 Å². The normalized spacial score (nSPS) is 13.9. The molecule has 0 radical (unpaired) electrons. The number of aromatic nitrogens is 4. The molecule has 338 valence electrons. The van der Waals surface area contributed by atoms with E-state index in [1.165, 1.54) is 15.2 Å². The molecule has 0 unspecified atom stereocenters. The Balaban J connectivity index is 1.55. The molecule has 63 heavy (non-hydrogen) atoms. The minimum atomic E-state index is -4.74. The molecule has 19 heteroatoms. The Hall–Kier alpha value is -5.50. The van der Waals surface area contributed by atoms with Crippen LogP contribution in [0, 0.1) is 5.92 Å². The fraction of sp³-hybridized carbons (Fsp3) is 0.409. The number of rotatable bonds is 20. The lowest BCUT2D eigenvalue weighted by molar-refractivity contribution is 0.146. The van der Waals surface area contributed by atoms with E-state index in [1.54, 1.807) is 75.9 Å². The average molecular weight is 920 g/mol. The molecule has 0 saturated carbocycles. The summed E-state index contributed by atoms with van der Waals surface area (Å²) < 4.78 is 83.8. The molecule has 5 aromatic rings. The first-order valence-electron chi connectivity index (χ1n) is 20.7. The highest BCUT2D eigenvalue weighted by Gasteiger charge is 2.39. The number of sulfone groups is 1. The molecule has 1 aliphatic rings. The van der Waals surface area contributed by atoms with Crippen LogP contribution >= 0.6 is 0 Å². The number of nitrogens with zero attached hydrogens (tertiary/aromatic N) is 6. The fourth-order valence-electron chi connectivity index (χ4n) is 7.40. The molecule has 1 aromatic heterocycles. The zero-order valence-corrected chi connectivity index (χ0v) is 39.3. The van der Waals surface area contributed by atoms with Gasteiger partial charge in [0.2, 0.25) is 15.8 Å². The molecule has 1 fully saturated rings. The van der Waals surface area contributed by atoms with Crippen LogP contribution < -0.4 is 24.8 Å². The predicted molar refractivity (Wildman–Crippen MR) is 243 cm³/mol. The first kappa shape index (κ1) is 47.0. The number of hydrogen-bond donors (Lipinski definition) is 1. The van der Waals surface area contributed by atoms with E-state index in [4.69, 9.17) is 29.8 Å². The maximum Gasteiger partial charge on any atom is 0.404 e. The fourth-order valence-corrected chi connectivity index (χ4v) is 14.2. The smallest absolute Gasteiger partial charge is 0.404 e. The van der Waals surface area contributed by atoms with Crippen LogP contribution in [0.5, 0.6) is 17.2 Å². The highest BCUT2D eigenvalue weighted by Crippen LogP contribution is 2.43. The van der Waals surface area contributed by atoms with Crippen LogP contribution in [0.15, 0.2) is 94.7 Å². The van der Waals surface area contributed by atoms with Gasteiger partial charge in [-0.15, -0.1) is 10.2 Å². The van der Waals surface area contributed by atoms with Gasteiger partial charge >= 0.3 is 6.09 Å². The lowest BCUT2D eigenvalue weighted by atomic mass is 9.93. The molecular weight excluding hydrogens is 863 g/mol. The molecule has 6 rings (SSSR count). The number of benzene rings is 4. The van der Waals surface area contributed by atoms with Gasteiger partial charge in [-0.25, -0.2) is 21.6 Å². The summed E-state index contributed by atoms with van der Waals surface area (Å²) in [6.07, 6.45) is 1.17. The largest absolute Gasteiger partial charge is 0.497 e. The molecule has 16 nitrogen and oxygen atoms in total. The number of amides is 1. The second-order valence-electron chi connectivity index (χ2n) is 16.8. The van der Waals surface area contributed by atoms with Crippen molar-refractivity contribution >= 4 is 39.7 Å². The summed E-state index contributed by atoms with van der Waals surface area (Å²) in [5.74, 6) is 1.81. The molecule has 0 spiro atoms. The second kappa shape index (κ2) is 20.3. The number of nitrogens with two attached hydrogens (primary N) is 1. The number of carbonyl (C=O) groups is 1. The number of tetrazole rings is 1. The van der Waals surface area contributed by atoms with E-state index in [0.717, 1.165) is 5.56 Å². The summed E-state index contributed by atoms with van der Waals surface area (Å²) in [5.41, 5.74) is 7.85. The number of methoxy groups -OCH3 is 3. The quantitative estimate of drug-likeness (QED) is 0.0819. The summed E-state index contributed by atoms with van der Waals surface area (Å²) in [6, 6.07) is 25.0. The Morgan fingerprint density at radius 3 is 1.79 bits per heavy atom. The highest BCUT2D eigenvalue weighted by molar-refractivity contribution is 7.93. The van der Waals surface area contributed by atoms with Crippen molar-refractivity contribution in [2.75, 3.05) is 51.7 Å². The zero-order valence-electron chi connectivity index (χ0n) is 36.7. The molecule has 0 bridgehead atoms. The van der Waals surface area contributed by atoms with Gasteiger partial charge in [0.25, 0.3) is 0 Å². The molecule has 4 aromatic carbocycles. The van der Waals surface area contributed by atoms with Crippen molar-refractivity contribution < 1.29 is 40.6 Å². The Morgan fingerprint density at radius 1 is 0.778 bits per heavy atom. The monoisotopic (exact) mass is 919 g/mol. The van der Waals surface area contributed by atoms with Gasteiger partial charge in [0.1, 0.15) is 22.1 Å². The Bertz CT molecular complexity index is 2490. The number of carbonyl (C=O) groups excluding carboxylic acids is 1. The van der Waals surface area contributed by atoms with E-state index in [-0.39, 0.29) is 54.2 Å². The van der Waals surface area contributed by atoms with Gasteiger partial charge in [-0.05, 0) is 102 Å². The van der Waals surface area contributed by atoms with E-state index < -0.39 is 38.9 Å². The van der Waals surface area contributed by atoms with Crippen LogP contribution in [0.3, 0.4) is 0 Å². The molecule has 1 amide bonds. The van der Waals surface area contributed by atoms with Crippen LogP contribution in [-0.4, -0.2) is 102 Å². The third kappa shape index (κ3) is 12.2. The van der Waals surface area contributed by atoms with Crippen molar-refractivity contribution in [2.45, 2.75) is 74.4 Å². The number of primary amides is 1. The Kier molecular flexibility index (Phi) is 15.2. The van der Waals surface area contributed by atoms with Gasteiger partial charge in [0.05, 0.1) is 50.7 Å². The molecule has 0 atom stereocenters. The Morgan fingerprint density at radius 2 is 1.30 bits per heavy atom. The maximum absolute atomic E-state index is 15.9. The summed E-state index contributed by atoms with van der Waals surface area (Å²) in [7, 11) is -6.21. The van der Waals surface area contributed by atoms with Crippen molar-refractivity contribution in [3.63, 3.8) is 0 Å². The van der Waals surface area contributed by atoms with Crippen molar-refractivity contribution in [1.82, 2.24) is 24.5 Å². The first-order chi connectivity index (χ1) is 30.0. The molecule has 2 N–H and O–H groups in total. The van der Waals surface area contributed by atoms with Crippen molar-refractivity contribution in [1.29, 1.82) is 0 Å². The topological polar surface area (TPSA) is 198 Å². The Labute approximate surface area is 371 Å². The zero-order chi connectivity index (χ0) is 45.4.